The lowest BCUT2D eigenvalue weighted by Crippen LogP contribution is -2.38. The van der Waals surface area contributed by atoms with Gasteiger partial charge in [0.1, 0.15) is 12.4 Å². The van der Waals surface area contributed by atoms with Crippen LogP contribution in [-0.4, -0.2) is 33.6 Å². The molecule has 0 bridgehead atoms. The first kappa shape index (κ1) is 24.7. The molecule has 0 aliphatic carbocycles. The number of nitrogens with zero attached hydrogens (tertiary/aromatic N) is 4. The molecule has 0 aliphatic heterocycles. The number of alkyl halides is 3. The fourth-order valence-corrected chi connectivity index (χ4v) is 3.19. The molecule has 0 unspecified atom stereocenters. The average molecular weight is 530 g/mol. The largest absolute Gasteiger partial charge is 0.434 e. The number of hydrogen-bond donors (Lipinski definition) is 2. The third kappa shape index (κ3) is 7.94. The van der Waals surface area contributed by atoms with Gasteiger partial charge in [0.05, 0.1) is 5.01 Å². The predicted molar refractivity (Wildman–Crippen MR) is 116 cm³/mol. The Morgan fingerprint density at radius 2 is 2.07 bits per heavy atom. The Morgan fingerprint density at radius 1 is 1.32 bits per heavy atom. The predicted octanol–water partition coefficient (Wildman–Crippen LogP) is 3.93. The van der Waals surface area contributed by atoms with Crippen LogP contribution in [0.15, 0.2) is 22.8 Å². The molecule has 0 spiro atoms. The number of imidazole rings is 1. The molecule has 11 heteroatoms. The quantitative estimate of drug-likeness (QED) is 0.309. The number of nitrogens with one attached hydrogen (secondary N) is 2. The Labute approximate surface area is 184 Å². The fraction of sp³-hybridized carbons (Fsp3) is 0.588. The van der Waals surface area contributed by atoms with Crippen molar-refractivity contribution < 1.29 is 13.2 Å². The van der Waals surface area contributed by atoms with Crippen LogP contribution >= 0.6 is 35.3 Å². The second-order valence-corrected chi connectivity index (χ2v) is 7.33. The van der Waals surface area contributed by atoms with Crippen molar-refractivity contribution in [3.8, 4) is 0 Å². The molecule has 2 heterocycles. The van der Waals surface area contributed by atoms with Gasteiger partial charge in [0.15, 0.2) is 11.7 Å². The van der Waals surface area contributed by atoms with E-state index in [9.17, 15) is 13.2 Å². The zero-order valence-electron chi connectivity index (χ0n) is 16.1. The van der Waals surface area contributed by atoms with Gasteiger partial charge in [-0.3, -0.25) is 0 Å². The van der Waals surface area contributed by atoms with Crippen LogP contribution in [0.2, 0.25) is 0 Å². The number of hydrogen-bond acceptors (Lipinski definition) is 4. The number of aliphatic imine (C=N–C) groups is 1. The van der Waals surface area contributed by atoms with E-state index in [0.29, 0.717) is 42.9 Å². The third-order valence-corrected chi connectivity index (χ3v) is 4.47. The highest BCUT2D eigenvalue weighted by atomic mass is 127. The average Bonchev–Trinajstić information content (AvgIpc) is 3.21. The highest BCUT2D eigenvalue weighted by Gasteiger charge is 2.33. The molecule has 0 saturated heterocycles. The van der Waals surface area contributed by atoms with Crippen molar-refractivity contribution in [3.05, 3.63) is 34.3 Å². The topological polar surface area (TPSA) is 67.1 Å². The van der Waals surface area contributed by atoms with Gasteiger partial charge in [-0.05, 0) is 12.8 Å². The van der Waals surface area contributed by atoms with Crippen molar-refractivity contribution in [1.82, 2.24) is 25.2 Å². The summed E-state index contributed by atoms with van der Waals surface area (Å²) in [7, 11) is 0. The van der Waals surface area contributed by atoms with E-state index >= 15 is 0 Å². The maximum atomic E-state index is 12.6. The Hall–Kier alpha value is -1.37. The summed E-state index contributed by atoms with van der Waals surface area (Å²) in [5, 5.41) is 7.74. The van der Waals surface area contributed by atoms with Crippen LogP contribution < -0.4 is 10.6 Å². The minimum atomic E-state index is -4.39. The zero-order chi connectivity index (χ0) is 19.9. The van der Waals surface area contributed by atoms with Crippen LogP contribution in [0.4, 0.5) is 13.2 Å². The number of halogens is 4. The van der Waals surface area contributed by atoms with Gasteiger partial charge in [-0.1, -0.05) is 13.8 Å². The first-order valence-corrected chi connectivity index (χ1v) is 9.71. The monoisotopic (exact) mass is 530 g/mol. The highest BCUT2D eigenvalue weighted by Crippen LogP contribution is 2.29. The zero-order valence-corrected chi connectivity index (χ0v) is 19.2. The van der Waals surface area contributed by atoms with Crippen LogP contribution in [0.1, 0.15) is 37.3 Å². The number of guanidine groups is 1. The summed E-state index contributed by atoms with van der Waals surface area (Å²) in [5.74, 6) is 1.98. The van der Waals surface area contributed by atoms with Gasteiger partial charge in [-0.2, -0.15) is 13.2 Å². The molecule has 0 aliphatic rings. The summed E-state index contributed by atoms with van der Waals surface area (Å²) in [6.45, 7) is 8.65. The fourth-order valence-electron chi connectivity index (χ4n) is 2.39. The summed E-state index contributed by atoms with van der Waals surface area (Å²) < 4.78 is 39.8. The number of aromatic nitrogens is 3. The lowest BCUT2D eigenvalue weighted by atomic mass is 10.2. The van der Waals surface area contributed by atoms with Crippen molar-refractivity contribution in [3.63, 3.8) is 0 Å². The van der Waals surface area contributed by atoms with E-state index in [1.165, 1.54) is 0 Å². The first-order chi connectivity index (χ1) is 12.8. The normalized spacial score (nSPS) is 12.2. The smallest absolute Gasteiger partial charge is 0.357 e. The van der Waals surface area contributed by atoms with E-state index in [-0.39, 0.29) is 24.0 Å². The summed E-state index contributed by atoms with van der Waals surface area (Å²) in [6.07, 6.45) is -0.302. The van der Waals surface area contributed by atoms with Gasteiger partial charge in [0.25, 0.3) is 0 Å². The van der Waals surface area contributed by atoms with E-state index in [1.54, 1.807) is 6.20 Å². The van der Waals surface area contributed by atoms with E-state index in [4.69, 9.17) is 0 Å². The first-order valence-electron chi connectivity index (χ1n) is 8.83. The van der Waals surface area contributed by atoms with Crippen LogP contribution in [0.5, 0.6) is 0 Å². The van der Waals surface area contributed by atoms with Crippen molar-refractivity contribution >= 4 is 41.3 Å². The summed E-state index contributed by atoms with van der Waals surface area (Å²) in [6, 6.07) is 0. The summed E-state index contributed by atoms with van der Waals surface area (Å²) >= 11 is 1.02. The Balaban J connectivity index is 0.00000392. The lowest BCUT2D eigenvalue weighted by molar-refractivity contribution is -0.140. The molecule has 2 rings (SSSR count). The van der Waals surface area contributed by atoms with Crippen LogP contribution in [-0.2, 0) is 25.7 Å². The van der Waals surface area contributed by atoms with Crippen LogP contribution in [0, 0.1) is 5.92 Å². The van der Waals surface area contributed by atoms with Crippen molar-refractivity contribution in [1.29, 1.82) is 0 Å². The molecule has 0 atom stereocenters. The van der Waals surface area contributed by atoms with E-state index < -0.39 is 11.9 Å². The standard InChI is InChI=1S/C17H25F3N6S.HI/c1-4-21-16(24-9-14-22-7-8-26(14)10-12(2)3)23-6-5-15-25-13(11-27-15)17(18,19)20;/h7-8,11-12H,4-6,9-10H2,1-3H3,(H2,21,23,24);1H. The Morgan fingerprint density at radius 3 is 2.68 bits per heavy atom. The van der Waals surface area contributed by atoms with Gasteiger partial charge in [-0.25, -0.2) is 15.0 Å². The van der Waals surface area contributed by atoms with Crippen LogP contribution in [0.3, 0.4) is 0 Å². The van der Waals surface area contributed by atoms with Crippen molar-refractivity contribution in [2.45, 2.75) is 46.5 Å². The van der Waals surface area contributed by atoms with Crippen molar-refractivity contribution in [2.75, 3.05) is 13.1 Å². The minimum Gasteiger partial charge on any atom is -0.357 e. The molecule has 2 aromatic heterocycles. The molecular formula is C17H26F3IN6S. The molecular weight excluding hydrogens is 504 g/mol. The van der Waals surface area contributed by atoms with E-state index in [1.807, 2.05) is 13.1 Å². The van der Waals surface area contributed by atoms with Crippen LogP contribution in [0.25, 0.3) is 0 Å². The van der Waals surface area contributed by atoms with E-state index in [0.717, 1.165) is 29.1 Å². The van der Waals surface area contributed by atoms with Crippen molar-refractivity contribution in [2.24, 2.45) is 10.9 Å². The molecule has 0 saturated carbocycles. The maximum Gasteiger partial charge on any atom is 0.434 e. The molecule has 2 N–H and O–H groups in total. The molecule has 2 aromatic rings. The van der Waals surface area contributed by atoms with Gasteiger partial charge >= 0.3 is 6.18 Å². The van der Waals surface area contributed by atoms with Gasteiger partial charge < -0.3 is 15.2 Å². The second-order valence-electron chi connectivity index (χ2n) is 6.39. The Kier molecular flexibility index (Phi) is 10.2. The minimum absolute atomic E-state index is 0. The van der Waals surface area contributed by atoms with Gasteiger partial charge in [-0.15, -0.1) is 35.3 Å². The summed E-state index contributed by atoms with van der Waals surface area (Å²) in [5.41, 5.74) is -0.833. The SMILES string of the molecule is CCNC(=NCc1nccn1CC(C)C)NCCc1nc(C(F)(F)F)cs1.I. The number of thiazole rings is 1. The molecule has 158 valence electrons. The van der Waals surface area contributed by atoms with Gasteiger partial charge in [0.2, 0.25) is 0 Å². The molecule has 6 nitrogen and oxygen atoms in total. The third-order valence-electron chi connectivity index (χ3n) is 3.56. The maximum absolute atomic E-state index is 12.6. The molecule has 0 amide bonds. The lowest BCUT2D eigenvalue weighted by Gasteiger charge is -2.12. The summed E-state index contributed by atoms with van der Waals surface area (Å²) in [4.78, 5) is 12.5. The van der Waals surface area contributed by atoms with E-state index in [2.05, 4.69) is 44.0 Å². The Bertz CT molecular complexity index is 741. The molecule has 0 radical (unpaired) electrons. The molecule has 0 aromatic carbocycles. The molecule has 0 fully saturated rings. The van der Waals surface area contributed by atoms with Gasteiger partial charge in [0, 0.05) is 43.8 Å². The highest BCUT2D eigenvalue weighted by molar-refractivity contribution is 14.0. The number of rotatable bonds is 8. The second kappa shape index (κ2) is 11.6. The molecule has 28 heavy (non-hydrogen) atoms.